The highest BCUT2D eigenvalue weighted by Crippen LogP contribution is 2.19. The molecule has 0 radical (unpaired) electrons. The predicted molar refractivity (Wildman–Crippen MR) is 49.4 cm³/mol. The fraction of sp³-hybridized carbons (Fsp3) is 0.429. The van der Waals surface area contributed by atoms with Crippen LogP contribution in [0.4, 0.5) is 5.82 Å². The summed E-state index contributed by atoms with van der Waals surface area (Å²) in [6.45, 7) is 2.47. The Morgan fingerprint density at radius 2 is 2.42 bits per heavy atom. The van der Waals surface area contributed by atoms with Crippen molar-refractivity contribution in [2.45, 2.75) is 12.1 Å². The summed E-state index contributed by atoms with van der Waals surface area (Å²) in [6, 6.07) is 0. The Labute approximate surface area is 75.5 Å². The molecule has 0 unspecified atom stereocenters. The van der Waals surface area contributed by atoms with Gasteiger partial charge in [0.15, 0.2) is 16.7 Å². The van der Waals surface area contributed by atoms with Crippen LogP contribution in [0.25, 0.3) is 0 Å². The van der Waals surface area contributed by atoms with Crippen molar-refractivity contribution in [3.63, 3.8) is 0 Å². The van der Waals surface area contributed by atoms with Crippen LogP contribution < -0.4 is 10.5 Å². The monoisotopic (exact) mass is 185 g/mol. The van der Waals surface area contributed by atoms with Gasteiger partial charge in [-0.25, -0.2) is 9.97 Å². The molecule has 0 aromatic carbocycles. The third kappa shape index (κ3) is 2.01. The fourth-order valence-electron chi connectivity index (χ4n) is 0.732. The molecule has 2 N–H and O–H groups in total. The van der Waals surface area contributed by atoms with E-state index in [1.54, 1.807) is 6.20 Å². The van der Waals surface area contributed by atoms with Gasteiger partial charge >= 0.3 is 0 Å². The van der Waals surface area contributed by atoms with Gasteiger partial charge in [0.25, 0.3) is 0 Å². The van der Waals surface area contributed by atoms with Crippen molar-refractivity contribution >= 4 is 17.6 Å². The van der Waals surface area contributed by atoms with Gasteiger partial charge in [0.2, 0.25) is 0 Å². The van der Waals surface area contributed by atoms with E-state index in [1.165, 1.54) is 11.8 Å². The highest BCUT2D eigenvalue weighted by atomic mass is 32.2. The normalized spacial score (nSPS) is 9.83. The number of ether oxygens (including phenoxy) is 1. The predicted octanol–water partition coefficient (Wildman–Crippen LogP) is 1.18. The second-order valence-corrected chi connectivity index (χ2v) is 2.81. The lowest BCUT2D eigenvalue weighted by Crippen LogP contribution is -2.01. The first-order valence-electron chi connectivity index (χ1n) is 3.57. The molecule has 12 heavy (non-hydrogen) atoms. The van der Waals surface area contributed by atoms with E-state index in [2.05, 4.69) is 9.97 Å². The number of hydrogen-bond acceptors (Lipinski definition) is 5. The minimum absolute atomic E-state index is 0.399. The van der Waals surface area contributed by atoms with Crippen LogP contribution in [-0.2, 0) is 0 Å². The van der Waals surface area contributed by atoms with Crippen molar-refractivity contribution in [3.05, 3.63) is 6.20 Å². The van der Waals surface area contributed by atoms with E-state index in [-0.39, 0.29) is 0 Å². The van der Waals surface area contributed by atoms with Crippen molar-refractivity contribution < 1.29 is 4.74 Å². The summed E-state index contributed by atoms with van der Waals surface area (Å²) in [4.78, 5) is 8.04. The van der Waals surface area contributed by atoms with E-state index >= 15 is 0 Å². The summed E-state index contributed by atoms with van der Waals surface area (Å²) >= 11 is 1.45. The molecule has 1 aromatic heterocycles. The molecule has 0 bridgehead atoms. The maximum absolute atomic E-state index is 5.59. The summed E-state index contributed by atoms with van der Waals surface area (Å²) in [5.74, 6) is 0.950. The van der Waals surface area contributed by atoms with Crippen LogP contribution in [0.5, 0.6) is 5.75 Å². The molecule has 0 aliphatic rings. The molecule has 0 aliphatic heterocycles. The van der Waals surface area contributed by atoms with E-state index < -0.39 is 0 Å². The molecule has 0 atom stereocenters. The zero-order valence-corrected chi connectivity index (χ0v) is 7.89. The fourth-order valence-corrected chi connectivity index (χ4v) is 1.08. The lowest BCUT2D eigenvalue weighted by molar-refractivity contribution is 0.338. The molecule has 4 nitrogen and oxygen atoms in total. The number of nitrogens with two attached hydrogens (primary N) is 1. The van der Waals surface area contributed by atoms with Gasteiger partial charge in [-0.1, -0.05) is 11.8 Å². The average Bonchev–Trinajstić information content (AvgIpc) is 2.09. The third-order valence-corrected chi connectivity index (χ3v) is 1.81. The standard InChI is InChI=1S/C7H11N3OS/c1-3-11-5-4-9-7(12-2)10-6(5)8/h4H,3H2,1-2H3,(H2,8,9,10). The Hall–Kier alpha value is -0.970. The van der Waals surface area contributed by atoms with E-state index in [0.29, 0.717) is 23.3 Å². The SMILES string of the molecule is CCOc1cnc(SC)nc1N. The van der Waals surface area contributed by atoms with Crippen LogP contribution in [0.2, 0.25) is 0 Å². The number of hydrogen-bond donors (Lipinski definition) is 1. The van der Waals surface area contributed by atoms with Crippen LogP contribution in [0, 0.1) is 0 Å². The Morgan fingerprint density at radius 3 is 2.92 bits per heavy atom. The van der Waals surface area contributed by atoms with Gasteiger partial charge in [-0.05, 0) is 13.2 Å². The molecule has 5 heteroatoms. The number of rotatable bonds is 3. The number of thioether (sulfide) groups is 1. The molecule has 0 saturated carbocycles. The lowest BCUT2D eigenvalue weighted by atomic mass is 10.5. The van der Waals surface area contributed by atoms with Gasteiger partial charge in [-0.3, -0.25) is 0 Å². The zero-order valence-electron chi connectivity index (χ0n) is 7.07. The first-order chi connectivity index (χ1) is 5.77. The molecule has 0 amide bonds. The van der Waals surface area contributed by atoms with E-state index in [4.69, 9.17) is 10.5 Å². The molecule has 0 saturated heterocycles. The Balaban J connectivity index is 2.87. The highest BCUT2D eigenvalue weighted by molar-refractivity contribution is 7.98. The van der Waals surface area contributed by atoms with Crippen LogP contribution in [0.1, 0.15) is 6.92 Å². The first kappa shape index (κ1) is 9.12. The molecule has 1 aromatic rings. The maximum Gasteiger partial charge on any atom is 0.189 e. The first-order valence-corrected chi connectivity index (χ1v) is 4.79. The molecular weight excluding hydrogens is 174 g/mol. The third-order valence-electron chi connectivity index (χ3n) is 1.24. The van der Waals surface area contributed by atoms with Gasteiger partial charge in [0.05, 0.1) is 12.8 Å². The van der Waals surface area contributed by atoms with Crippen molar-refractivity contribution in [2.24, 2.45) is 0 Å². The van der Waals surface area contributed by atoms with E-state index in [0.717, 1.165) is 0 Å². The van der Waals surface area contributed by atoms with Crippen molar-refractivity contribution in [2.75, 3.05) is 18.6 Å². The molecule has 0 aliphatic carbocycles. The van der Waals surface area contributed by atoms with Crippen LogP contribution >= 0.6 is 11.8 Å². The number of nitrogen functional groups attached to an aromatic ring is 1. The Bertz CT molecular complexity index is 267. The smallest absolute Gasteiger partial charge is 0.189 e. The Kier molecular flexibility index (Phi) is 3.16. The second-order valence-electron chi connectivity index (χ2n) is 2.04. The molecule has 1 rings (SSSR count). The lowest BCUT2D eigenvalue weighted by Gasteiger charge is -2.04. The van der Waals surface area contributed by atoms with Crippen LogP contribution in [-0.4, -0.2) is 22.8 Å². The summed E-state index contributed by atoms with van der Waals surface area (Å²) in [7, 11) is 0. The quantitative estimate of drug-likeness (QED) is 0.566. The number of nitrogens with zero attached hydrogens (tertiary/aromatic N) is 2. The van der Waals surface area contributed by atoms with Crippen LogP contribution in [0.3, 0.4) is 0 Å². The Morgan fingerprint density at radius 1 is 1.67 bits per heavy atom. The summed E-state index contributed by atoms with van der Waals surface area (Å²) in [5.41, 5.74) is 5.59. The van der Waals surface area contributed by atoms with E-state index in [1.807, 2.05) is 13.2 Å². The van der Waals surface area contributed by atoms with Gasteiger partial charge < -0.3 is 10.5 Å². The summed E-state index contributed by atoms with van der Waals surface area (Å²) < 4.78 is 5.18. The maximum atomic E-state index is 5.59. The summed E-state index contributed by atoms with van der Waals surface area (Å²) in [5, 5.41) is 0.663. The largest absolute Gasteiger partial charge is 0.488 e. The van der Waals surface area contributed by atoms with E-state index in [9.17, 15) is 0 Å². The van der Waals surface area contributed by atoms with Crippen molar-refractivity contribution in [1.82, 2.24) is 9.97 Å². The highest BCUT2D eigenvalue weighted by Gasteiger charge is 2.02. The van der Waals surface area contributed by atoms with Gasteiger partial charge in [0.1, 0.15) is 0 Å². The number of aromatic nitrogens is 2. The molecule has 66 valence electrons. The molecule has 0 spiro atoms. The average molecular weight is 185 g/mol. The topological polar surface area (TPSA) is 61.0 Å². The molecule has 0 fully saturated rings. The minimum atomic E-state index is 0.399. The zero-order chi connectivity index (χ0) is 8.97. The van der Waals surface area contributed by atoms with Gasteiger partial charge in [-0.15, -0.1) is 0 Å². The van der Waals surface area contributed by atoms with Crippen LogP contribution in [0.15, 0.2) is 11.4 Å². The minimum Gasteiger partial charge on any atom is -0.488 e. The number of anilines is 1. The van der Waals surface area contributed by atoms with Gasteiger partial charge in [-0.2, -0.15) is 0 Å². The molecule has 1 heterocycles. The van der Waals surface area contributed by atoms with Gasteiger partial charge in [0, 0.05) is 0 Å². The second kappa shape index (κ2) is 4.15. The van der Waals surface area contributed by atoms with Crippen molar-refractivity contribution in [1.29, 1.82) is 0 Å². The van der Waals surface area contributed by atoms with Crippen molar-refractivity contribution in [3.8, 4) is 5.75 Å². The molecular formula is C7H11N3OS. The summed E-state index contributed by atoms with van der Waals surface area (Å²) in [6.07, 6.45) is 3.49.